The van der Waals surface area contributed by atoms with E-state index in [-0.39, 0.29) is 35.8 Å². The van der Waals surface area contributed by atoms with Gasteiger partial charge in [-0.1, -0.05) is 18.9 Å². The summed E-state index contributed by atoms with van der Waals surface area (Å²) in [4.78, 5) is 41.9. The highest BCUT2D eigenvalue weighted by atomic mass is 19.1. The van der Waals surface area contributed by atoms with E-state index in [1.165, 1.54) is 19.1 Å². The van der Waals surface area contributed by atoms with Crippen LogP contribution in [-0.2, 0) is 16.1 Å². The molecule has 7 nitrogen and oxygen atoms in total. The average Bonchev–Trinajstić information content (AvgIpc) is 3.39. The number of hydrogen-bond donors (Lipinski definition) is 2. The summed E-state index contributed by atoms with van der Waals surface area (Å²) in [6, 6.07) is 10.1. The van der Waals surface area contributed by atoms with E-state index in [0.717, 1.165) is 36.8 Å². The summed E-state index contributed by atoms with van der Waals surface area (Å²) < 4.78 is 16.0. The quantitative estimate of drug-likeness (QED) is 0.549. The molecule has 5 rings (SSSR count). The molecule has 1 aromatic heterocycles. The topological polar surface area (TPSA) is 83.4 Å². The summed E-state index contributed by atoms with van der Waals surface area (Å²) in [6.07, 6.45) is 3.98. The maximum absolute atomic E-state index is 14.3. The third kappa shape index (κ3) is 3.94. The second-order valence-electron chi connectivity index (χ2n) is 10.4. The number of rotatable bonds is 4. The molecule has 3 amide bonds. The van der Waals surface area contributed by atoms with Crippen molar-refractivity contribution in [1.82, 2.24) is 9.88 Å². The van der Waals surface area contributed by atoms with Gasteiger partial charge in [-0.05, 0) is 75.1 Å². The summed E-state index contributed by atoms with van der Waals surface area (Å²) in [5.41, 5.74) is 2.37. The first-order chi connectivity index (χ1) is 17.1. The summed E-state index contributed by atoms with van der Waals surface area (Å²) in [7, 11) is 0. The van der Waals surface area contributed by atoms with Crippen molar-refractivity contribution in [2.45, 2.75) is 71.5 Å². The van der Waals surface area contributed by atoms with Crippen molar-refractivity contribution in [1.29, 1.82) is 0 Å². The van der Waals surface area contributed by atoms with Crippen LogP contribution in [0.3, 0.4) is 0 Å². The van der Waals surface area contributed by atoms with E-state index in [0.29, 0.717) is 16.6 Å². The number of benzene rings is 2. The highest BCUT2D eigenvalue weighted by Gasteiger charge is 2.50. The molecule has 2 heterocycles. The Morgan fingerprint density at radius 3 is 2.36 bits per heavy atom. The Morgan fingerprint density at radius 1 is 1.06 bits per heavy atom. The van der Waals surface area contributed by atoms with Crippen LogP contribution in [0.1, 0.15) is 61.1 Å². The molecule has 1 atom stereocenters. The summed E-state index contributed by atoms with van der Waals surface area (Å²) in [5.74, 6) is -1.49. The van der Waals surface area contributed by atoms with Crippen molar-refractivity contribution < 1.29 is 18.8 Å². The summed E-state index contributed by atoms with van der Waals surface area (Å²) in [5, 5.41) is 6.36. The third-order valence-electron chi connectivity index (χ3n) is 7.34. The van der Waals surface area contributed by atoms with Gasteiger partial charge in [0.15, 0.2) is 0 Å². The van der Waals surface area contributed by atoms with E-state index in [4.69, 9.17) is 0 Å². The first-order valence-electron chi connectivity index (χ1n) is 12.4. The molecule has 0 spiro atoms. The fourth-order valence-corrected chi connectivity index (χ4v) is 5.79. The van der Waals surface area contributed by atoms with Crippen molar-refractivity contribution in [3.63, 3.8) is 0 Å². The molecule has 36 heavy (non-hydrogen) atoms. The van der Waals surface area contributed by atoms with Crippen molar-refractivity contribution in [3.8, 4) is 0 Å². The van der Waals surface area contributed by atoms with Crippen LogP contribution in [0.25, 0.3) is 10.9 Å². The minimum atomic E-state index is -1.25. The fraction of sp³-hybridized carbons (Fsp3) is 0.393. The third-order valence-corrected chi connectivity index (χ3v) is 7.34. The molecule has 0 saturated heterocycles. The Hall–Kier alpha value is -3.68. The lowest BCUT2D eigenvalue weighted by molar-refractivity contribution is -0.127. The Kier molecular flexibility index (Phi) is 5.85. The van der Waals surface area contributed by atoms with Crippen LogP contribution in [0, 0.1) is 19.7 Å². The van der Waals surface area contributed by atoms with E-state index < -0.39 is 17.3 Å². The van der Waals surface area contributed by atoms with Gasteiger partial charge in [-0.3, -0.25) is 19.3 Å². The van der Waals surface area contributed by atoms with Gasteiger partial charge in [0.1, 0.15) is 17.1 Å². The van der Waals surface area contributed by atoms with Gasteiger partial charge >= 0.3 is 0 Å². The lowest BCUT2D eigenvalue weighted by Gasteiger charge is -2.44. The number of fused-ring (bicyclic) bond motifs is 3. The highest BCUT2D eigenvalue weighted by Crippen LogP contribution is 2.41. The van der Waals surface area contributed by atoms with Gasteiger partial charge in [0.2, 0.25) is 11.8 Å². The van der Waals surface area contributed by atoms with Gasteiger partial charge in [0.05, 0.1) is 17.7 Å². The van der Waals surface area contributed by atoms with Crippen LogP contribution in [0.4, 0.5) is 15.8 Å². The molecule has 2 aliphatic rings. The predicted molar refractivity (Wildman–Crippen MR) is 138 cm³/mol. The standard InChI is InChI=1S/C28H31FN4O3/c1-16-11-17(2)13-21(12-16)33-26(35)25-24(30-18(3)34)22-14-19(29)9-10-23(22)32(25)15-28(33,4)27(36)31-20-7-5-6-8-20/h9-14,20H,5-8,15H2,1-4H3,(H,30,34)(H,31,36). The molecular weight excluding hydrogens is 459 g/mol. The van der Waals surface area contributed by atoms with E-state index >= 15 is 0 Å². The smallest absolute Gasteiger partial charge is 0.278 e. The Labute approximate surface area is 209 Å². The predicted octanol–water partition coefficient (Wildman–Crippen LogP) is 4.83. The van der Waals surface area contributed by atoms with Gasteiger partial charge in [0.25, 0.3) is 5.91 Å². The molecule has 0 bridgehead atoms. The monoisotopic (exact) mass is 490 g/mol. The normalized spacial score (nSPS) is 20.0. The van der Waals surface area contributed by atoms with Crippen LogP contribution in [0.15, 0.2) is 36.4 Å². The molecule has 2 aromatic carbocycles. The van der Waals surface area contributed by atoms with E-state index in [2.05, 4.69) is 10.6 Å². The molecule has 3 aromatic rings. The SMILES string of the molecule is CC(=O)Nc1c2n(c3ccc(F)cc13)CC(C)(C(=O)NC1CCCC1)N(c1cc(C)cc(C)c1)C2=O. The van der Waals surface area contributed by atoms with Gasteiger partial charge < -0.3 is 15.2 Å². The lowest BCUT2D eigenvalue weighted by Crippen LogP contribution is -2.65. The molecule has 2 N–H and O–H groups in total. The average molecular weight is 491 g/mol. The molecule has 188 valence electrons. The van der Waals surface area contributed by atoms with E-state index in [1.54, 1.807) is 22.5 Å². The summed E-state index contributed by atoms with van der Waals surface area (Å²) in [6.45, 7) is 7.18. The van der Waals surface area contributed by atoms with Crippen molar-refractivity contribution in [2.75, 3.05) is 10.2 Å². The Morgan fingerprint density at radius 2 is 1.72 bits per heavy atom. The first-order valence-corrected chi connectivity index (χ1v) is 12.4. The number of aromatic nitrogens is 1. The largest absolute Gasteiger partial charge is 0.351 e. The number of carbonyl (C=O) groups is 3. The van der Waals surface area contributed by atoms with Crippen LogP contribution in [-0.4, -0.2) is 33.9 Å². The minimum Gasteiger partial charge on any atom is -0.351 e. The van der Waals surface area contributed by atoms with Gasteiger partial charge in [0, 0.05) is 24.0 Å². The first kappa shape index (κ1) is 24.0. The van der Waals surface area contributed by atoms with Gasteiger partial charge in [-0.2, -0.15) is 0 Å². The number of carbonyl (C=O) groups excluding carboxylic acids is 3. The van der Waals surface area contributed by atoms with Crippen LogP contribution in [0.2, 0.25) is 0 Å². The molecular formula is C28H31FN4O3. The zero-order valence-corrected chi connectivity index (χ0v) is 21.1. The second kappa shape index (κ2) is 8.76. The molecule has 8 heteroatoms. The Bertz CT molecular complexity index is 1390. The highest BCUT2D eigenvalue weighted by molar-refractivity contribution is 6.20. The molecule has 1 fully saturated rings. The number of hydrogen-bond acceptors (Lipinski definition) is 3. The number of aryl methyl sites for hydroxylation is 2. The van der Waals surface area contributed by atoms with Crippen molar-refractivity contribution in [2.24, 2.45) is 0 Å². The molecule has 1 saturated carbocycles. The van der Waals surface area contributed by atoms with Crippen molar-refractivity contribution in [3.05, 3.63) is 59.0 Å². The number of anilines is 2. The van der Waals surface area contributed by atoms with Crippen LogP contribution >= 0.6 is 0 Å². The van der Waals surface area contributed by atoms with Crippen LogP contribution < -0.4 is 15.5 Å². The number of nitrogens with zero attached hydrogens (tertiary/aromatic N) is 2. The zero-order valence-electron chi connectivity index (χ0n) is 21.1. The molecule has 1 aliphatic carbocycles. The number of halogens is 1. The van der Waals surface area contributed by atoms with Gasteiger partial charge in [-0.15, -0.1) is 0 Å². The summed E-state index contributed by atoms with van der Waals surface area (Å²) >= 11 is 0. The maximum atomic E-state index is 14.3. The number of nitrogens with one attached hydrogen (secondary N) is 2. The lowest BCUT2D eigenvalue weighted by atomic mass is 9.92. The fourth-order valence-electron chi connectivity index (χ4n) is 5.79. The molecule has 0 radical (unpaired) electrons. The maximum Gasteiger partial charge on any atom is 0.278 e. The zero-order chi connectivity index (χ0) is 25.8. The second-order valence-corrected chi connectivity index (χ2v) is 10.4. The van der Waals surface area contributed by atoms with Gasteiger partial charge in [-0.25, -0.2) is 4.39 Å². The molecule has 1 aliphatic heterocycles. The van der Waals surface area contributed by atoms with Crippen molar-refractivity contribution >= 4 is 40.0 Å². The minimum absolute atomic E-state index is 0.0809. The van der Waals surface area contributed by atoms with E-state index in [9.17, 15) is 18.8 Å². The van der Waals surface area contributed by atoms with Crippen LogP contribution in [0.5, 0.6) is 0 Å². The van der Waals surface area contributed by atoms with E-state index in [1.807, 2.05) is 32.0 Å². The Balaban J connectivity index is 1.74. The molecule has 1 unspecified atom stereocenters. The number of amides is 3.